The van der Waals surface area contributed by atoms with Crippen molar-refractivity contribution in [3.63, 3.8) is 0 Å². The summed E-state index contributed by atoms with van der Waals surface area (Å²) >= 11 is 0. The van der Waals surface area contributed by atoms with Gasteiger partial charge < -0.3 is 14.6 Å². The van der Waals surface area contributed by atoms with E-state index in [1.165, 1.54) is 13.3 Å². The second-order valence-corrected chi connectivity index (χ2v) is 5.04. The summed E-state index contributed by atoms with van der Waals surface area (Å²) in [6.07, 6.45) is 5.23. The lowest BCUT2D eigenvalue weighted by Crippen LogP contribution is -2.24. The third-order valence-corrected chi connectivity index (χ3v) is 3.05. The van der Waals surface area contributed by atoms with Crippen molar-refractivity contribution in [2.45, 2.75) is 33.0 Å². The van der Waals surface area contributed by atoms with E-state index in [1.807, 2.05) is 16.8 Å². The molecule has 0 unspecified atom stereocenters. The van der Waals surface area contributed by atoms with E-state index >= 15 is 0 Å². The predicted octanol–water partition coefficient (Wildman–Crippen LogP) is 1.61. The van der Waals surface area contributed by atoms with Crippen molar-refractivity contribution in [1.29, 1.82) is 0 Å². The molecular weight excluding hydrogens is 268 g/mol. The molecule has 0 atom stereocenters. The minimum absolute atomic E-state index is 0.376. The van der Waals surface area contributed by atoms with Crippen LogP contribution in [0.1, 0.15) is 35.7 Å². The molecule has 0 aromatic carbocycles. The highest BCUT2D eigenvalue weighted by atomic mass is 16.5. The molecule has 2 aromatic rings. The molecule has 0 radical (unpaired) electrons. The van der Waals surface area contributed by atoms with Gasteiger partial charge >= 0.3 is 5.97 Å². The topological polar surface area (TPSA) is 69.0 Å². The van der Waals surface area contributed by atoms with E-state index in [0.717, 1.165) is 11.5 Å². The van der Waals surface area contributed by atoms with Crippen molar-refractivity contribution >= 4 is 5.97 Å². The van der Waals surface area contributed by atoms with E-state index in [9.17, 15) is 4.79 Å². The van der Waals surface area contributed by atoms with Crippen molar-refractivity contribution in [3.8, 4) is 0 Å². The van der Waals surface area contributed by atoms with Gasteiger partial charge in [0.2, 0.25) is 0 Å². The van der Waals surface area contributed by atoms with Gasteiger partial charge in [-0.25, -0.2) is 9.78 Å². The number of carbonyl (C=O) groups is 1. The Labute approximate surface area is 124 Å². The van der Waals surface area contributed by atoms with Crippen LogP contribution in [-0.2, 0) is 17.8 Å². The normalized spacial score (nSPS) is 10.9. The quantitative estimate of drug-likeness (QED) is 0.818. The predicted molar refractivity (Wildman–Crippen MR) is 78.9 cm³/mol. The van der Waals surface area contributed by atoms with Crippen molar-refractivity contribution in [2.75, 3.05) is 7.11 Å². The molecule has 112 valence electrons. The lowest BCUT2D eigenvalue weighted by Gasteiger charge is -2.10. The first kappa shape index (κ1) is 15.2. The summed E-state index contributed by atoms with van der Waals surface area (Å²) in [4.78, 5) is 20.0. The van der Waals surface area contributed by atoms with Crippen LogP contribution in [-0.4, -0.2) is 33.7 Å². The molecule has 6 nitrogen and oxygen atoms in total. The number of hydrogen-bond acceptors (Lipinski definition) is 5. The molecule has 0 saturated carbocycles. The zero-order chi connectivity index (χ0) is 15.2. The maximum Gasteiger partial charge on any atom is 0.339 e. The fraction of sp³-hybridized carbons (Fsp3) is 0.400. The second-order valence-electron chi connectivity index (χ2n) is 5.04. The Hall–Kier alpha value is -2.21. The van der Waals surface area contributed by atoms with Crippen LogP contribution in [0.25, 0.3) is 0 Å². The number of carbonyl (C=O) groups excluding carboxylic acids is 1. The molecule has 0 spiro atoms. The van der Waals surface area contributed by atoms with Gasteiger partial charge in [-0.05, 0) is 12.1 Å². The molecule has 2 aromatic heterocycles. The van der Waals surface area contributed by atoms with Crippen LogP contribution in [0.5, 0.6) is 0 Å². The Morgan fingerprint density at radius 3 is 2.81 bits per heavy atom. The van der Waals surface area contributed by atoms with E-state index in [1.54, 1.807) is 12.3 Å². The third-order valence-electron chi connectivity index (χ3n) is 3.05. The molecule has 2 heterocycles. The van der Waals surface area contributed by atoms with E-state index < -0.39 is 0 Å². The molecule has 0 aliphatic carbocycles. The highest BCUT2D eigenvalue weighted by Gasteiger charge is 2.08. The number of imidazole rings is 1. The lowest BCUT2D eigenvalue weighted by molar-refractivity contribution is 0.0600. The first-order chi connectivity index (χ1) is 10.1. The molecule has 0 aliphatic rings. The minimum Gasteiger partial charge on any atom is -0.465 e. The number of ether oxygens (including phenoxy) is 1. The maximum absolute atomic E-state index is 11.4. The molecule has 0 bridgehead atoms. The number of esters is 1. The summed E-state index contributed by atoms with van der Waals surface area (Å²) in [7, 11) is 1.36. The van der Waals surface area contributed by atoms with Crippen LogP contribution in [0.15, 0.2) is 30.7 Å². The van der Waals surface area contributed by atoms with Crippen molar-refractivity contribution < 1.29 is 9.53 Å². The number of hydrogen-bond donors (Lipinski definition) is 1. The first-order valence-electron chi connectivity index (χ1n) is 6.86. The van der Waals surface area contributed by atoms with Gasteiger partial charge in [0.15, 0.2) is 0 Å². The first-order valence-corrected chi connectivity index (χ1v) is 6.86. The van der Waals surface area contributed by atoms with Crippen LogP contribution in [0.2, 0.25) is 0 Å². The van der Waals surface area contributed by atoms with E-state index in [-0.39, 0.29) is 5.97 Å². The summed E-state index contributed by atoms with van der Waals surface area (Å²) in [6, 6.07) is 3.95. The fourth-order valence-corrected chi connectivity index (χ4v) is 1.88. The van der Waals surface area contributed by atoms with Crippen molar-refractivity contribution in [1.82, 2.24) is 19.9 Å². The van der Waals surface area contributed by atoms with Crippen LogP contribution in [0, 0.1) is 0 Å². The van der Waals surface area contributed by atoms with Crippen LogP contribution in [0.3, 0.4) is 0 Å². The monoisotopic (exact) mass is 288 g/mol. The molecule has 0 saturated heterocycles. The minimum atomic E-state index is -0.376. The summed E-state index contributed by atoms with van der Waals surface area (Å²) in [6.45, 7) is 5.53. The Bertz CT molecular complexity index is 590. The molecular formula is C15H20N4O2. The van der Waals surface area contributed by atoms with Crippen LogP contribution in [0.4, 0.5) is 0 Å². The third kappa shape index (κ3) is 4.13. The van der Waals surface area contributed by atoms with E-state index in [4.69, 9.17) is 0 Å². The average Bonchev–Trinajstić information content (AvgIpc) is 2.92. The van der Waals surface area contributed by atoms with Crippen molar-refractivity contribution in [3.05, 3.63) is 47.8 Å². The molecule has 1 N–H and O–H groups in total. The number of nitrogens with one attached hydrogen (secondary N) is 1. The summed E-state index contributed by atoms with van der Waals surface area (Å²) in [5.41, 5.74) is 1.32. The van der Waals surface area contributed by atoms with Crippen LogP contribution < -0.4 is 5.32 Å². The van der Waals surface area contributed by atoms with Gasteiger partial charge in [0, 0.05) is 24.6 Å². The van der Waals surface area contributed by atoms with Crippen LogP contribution >= 0.6 is 0 Å². The molecule has 6 heteroatoms. The van der Waals surface area contributed by atoms with E-state index in [2.05, 4.69) is 33.9 Å². The van der Waals surface area contributed by atoms with Gasteiger partial charge in [-0.15, -0.1) is 0 Å². The summed E-state index contributed by atoms with van der Waals surface area (Å²) in [5.74, 6) is 0.584. The number of aromatic nitrogens is 3. The molecule has 2 rings (SSSR count). The number of pyridine rings is 1. The number of rotatable bonds is 6. The summed E-state index contributed by atoms with van der Waals surface area (Å²) in [5, 5.41) is 3.34. The second kappa shape index (κ2) is 6.99. The Balaban J connectivity index is 2.05. The molecule has 0 amide bonds. The zero-order valence-corrected chi connectivity index (χ0v) is 12.5. The highest BCUT2D eigenvalue weighted by Crippen LogP contribution is 2.06. The zero-order valence-electron chi connectivity index (χ0n) is 12.5. The molecule has 0 fully saturated rings. The summed E-state index contributed by atoms with van der Waals surface area (Å²) < 4.78 is 6.69. The number of methoxy groups -OCH3 is 1. The highest BCUT2D eigenvalue weighted by molar-refractivity contribution is 5.88. The maximum atomic E-state index is 11.4. The van der Waals surface area contributed by atoms with Gasteiger partial charge in [-0.2, -0.15) is 0 Å². The lowest BCUT2D eigenvalue weighted by atomic mass is 10.2. The van der Waals surface area contributed by atoms with Gasteiger partial charge in [0.05, 0.1) is 31.5 Å². The Morgan fingerprint density at radius 1 is 1.38 bits per heavy atom. The smallest absolute Gasteiger partial charge is 0.339 e. The average molecular weight is 288 g/mol. The van der Waals surface area contributed by atoms with Gasteiger partial charge in [-0.3, -0.25) is 4.98 Å². The molecule has 0 aliphatic heterocycles. The SMILES string of the molecule is COC(=O)c1ccc(Cn2ccnc2CNC(C)C)nc1. The fourth-order valence-electron chi connectivity index (χ4n) is 1.88. The van der Waals surface area contributed by atoms with Gasteiger partial charge in [0.25, 0.3) is 0 Å². The standard InChI is InChI=1S/C15H20N4O2/c1-11(2)17-9-14-16-6-7-19(14)10-13-5-4-12(8-18-13)15(20)21-3/h4-8,11,17H,9-10H2,1-3H3. The van der Waals surface area contributed by atoms with Gasteiger partial charge in [0.1, 0.15) is 5.82 Å². The number of nitrogens with zero attached hydrogens (tertiary/aromatic N) is 3. The van der Waals surface area contributed by atoms with Crippen molar-refractivity contribution in [2.24, 2.45) is 0 Å². The Kier molecular flexibility index (Phi) is 5.05. The molecule has 21 heavy (non-hydrogen) atoms. The Morgan fingerprint density at radius 2 is 2.19 bits per heavy atom. The van der Waals surface area contributed by atoms with E-state index in [0.29, 0.717) is 24.7 Å². The van der Waals surface area contributed by atoms with Gasteiger partial charge in [-0.1, -0.05) is 13.8 Å². The largest absolute Gasteiger partial charge is 0.465 e.